The van der Waals surface area contributed by atoms with Crippen LogP contribution >= 0.6 is 0 Å². The number of nitrogens with one attached hydrogen (secondary N) is 1. The molecule has 0 aliphatic rings. The highest BCUT2D eigenvalue weighted by molar-refractivity contribution is 5.58. The molecular weight excluding hydrogens is 271 g/mol. The van der Waals surface area contributed by atoms with Crippen LogP contribution in [0.25, 0.3) is 0 Å². The molecule has 100 valence electrons. The van der Waals surface area contributed by atoms with Crippen LogP contribution in [0.2, 0.25) is 0 Å². The van der Waals surface area contributed by atoms with Gasteiger partial charge in [0.15, 0.2) is 29.1 Å². The molecule has 1 heterocycles. The second-order valence-corrected chi connectivity index (χ2v) is 3.40. The maximum atomic E-state index is 13.3. The predicted octanol–water partition coefficient (Wildman–Crippen LogP) is 2.50. The largest absolute Gasteiger partial charge is 0.382 e. The van der Waals surface area contributed by atoms with Gasteiger partial charge in [-0.25, -0.2) is 26.9 Å². The number of nitrogens with two attached hydrogens (primary N) is 1. The summed E-state index contributed by atoms with van der Waals surface area (Å²) < 4.78 is 65.3. The van der Waals surface area contributed by atoms with Gasteiger partial charge in [0.05, 0.1) is 12.4 Å². The van der Waals surface area contributed by atoms with Crippen LogP contribution in [0.5, 0.6) is 0 Å². The molecule has 0 unspecified atom stereocenters. The number of hydrogen-bond donors (Lipinski definition) is 2. The molecule has 2 aromatic rings. The predicted molar refractivity (Wildman–Crippen MR) is 56.0 cm³/mol. The molecule has 0 bridgehead atoms. The highest BCUT2D eigenvalue weighted by Crippen LogP contribution is 2.28. The summed E-state index contributed by atoms with van der Waals surface area (Å²) in [6.07, 6.45) is 2.15. The monoisotopic (exact) mass is 276 g/mol. The van der Waals surface area contributed by atoms with Crippen LogP contribution in [0.15, 0.2) is 12.4 Å². The van der Waals surface area contributed by atoms with Gasteiger partial charge in [-0.3, -0.25) is 4.98 Å². The normalized spacial score (nSPS) is 10.6. The molecule has 0 spiro atoms. The van der Waals surface area contributed by atoms with E-state index in [-0.39, 0.29) is 11.6 Å². The number of anilines is 3. The zero-order valence-corrected chi connectivity index (χ0v) is 9.02. The van der Waals surface area contributed by atoms with Gasteiger partial charge in [0.2, 0.25) is 5.82 Å². The number of nitrogen functional groups attached to an aromatic ring is 1. The van der Waals surface area contributed by atoms with Crippen LogP contribution in [0.4, 0.5) is 39.3 Å². The van der Waals surface area contributed by atoms with E-state index in [4.69, 9.17) is 5.73 Å². The molecule has 9 heteroatoms. The summed E-state index contributed by atoms with van der Waals surface area (Å²) in [6, 6.07) is 0. The topological polar surface area (TPSA) is 63.8 Å². The molecule has 0 fully saturated rings. The highest BCUT2D eigenvalue weighted by Gasteiger charge is 2.26. The summed E-state index contributed by atoms with van der Waals surface area (Å²) >= 11 is 0. The minimum atomic E-state index is -2.24. The second kappa shape index (κ2) is 4.67. The summed E-state index contributed by atoms with van der Waals surface area (Å²) in [5, 5.41) is 1.94. The van der Waals surface area contributed by atoms with Gasteiger partial charge in [-0.1, -0.05) is 0 Å². The van der Waals surface area contributed by atoms with Crippen LogP contribution in [0.3, 0.4) is 0 Å². The Hall–Kier alpha value is -2.45. The molecule has 0 aliphatic heterocycles. The fourth-order valence-corrected chi connectivity index (χ4v) is 1.28. The van der Waals surface area contributed by atoms with E-state index in [1.165, 1.54) is 0 Å². The van der Waals surface area contributed by atoms with Crippen molar-refractivity contribution in [1.29, 1.82) is 0 Å². The summed E-state index contributed by atoms with van der Waals surface area (Å²) in [4.78, 5) is 7.11. The molecule has 0 saturated carbocycles. The van der Waals surface area contributed by atoms with Gasteiger partial charge in [-0.15, -0.1) is 0 Å². The van der Waals surface area contributed by atoms with Gasteiger partial charge in [0.1, 0.15) is 11.5 Å². The van der Waals surface area contributed by atoms with Crippen molar-refractivity contribution in [3.05, 3.63) is 41.5 Å². The molecule has 2 rings (SSSR count). The first-order valence-electron chi connectivity index (χ1n) is 4.77. The van der Waals surface area contributed by atoms with Crippen molar-refractivity contribution in [3.63, 3.8) is 0 Å². The SMILES string of the molecule is Nc1cncc(Nc2c(F)c(F)c(F)c(F)c2F)n1. The molecule has 0 amide bonds. The van der Waals surface area contributed by atoms with Crippen molar-refractivity contribution in [3.8, 4) is 0 Å². The quantitative estimate of drug-likeness (QED) is 0.502. The van der Waals surface area contributed by atoms with Gasteiger partial charge in [0.25, 0.3) is 0 Å². The molecule has 3 N–H and O–H groups in total. The number of rotatable bonds is 2. The van der Waals surface area contributed by atoms with Gasteiger partial charge in [-0.2, -0.15) is 0 Å². The van der Waals surface area contributed by atoms with E-state index in [2.05, 4.69) is 9.97 Å². The zero-order chi connectivity index (χ0) is 14.2. The van der Waals surface area contributed by atoms with E-state index in [1.54, 1.807) is 0 Å². The Morgan fingerprint density at radius 3 is 1.89 bits per heavy atom. The average molecular weight is 276 g/mol. The molecule has 19 heavy (non-hydrogen) atoms. The summed E-state index contributed by atoms with van der Waals surface area (Å²) in [5.41, 5.74) is 4.04. The second-order valence-electron chi connectivity index (χ2n) is 3.40. The Bertz CT molecular complexity index is 617. The number of hydrogen-bond acceptors (Lipinski definition) is 4. The lowest BCUT2D eigenvalue weighted by Crippen LogP contribution is -2.08. The summed E-state index contributed by atoms with van der Waals surface area (Å²) in [6.45, 7) is 0. The first-order chi connectivity index (χ1) is 8.91. The Morgan fingerprint density at radius 1 is 0.842 bits per heavy atom. The van der Waals surface area contributed by atoms with Crippen molar-refractivity contribution in [2.75, 3.05) is 11.1 Å². The third-order valence-electron chi connectivity index (χ3n) is 2.12. The van der Waals surface area contributed by atoms with Crippen molar-refractivity contribution in [2.45, 2.75) is 0 Å². The van der Waals surface area contributed by atoms with Crippen LogP contribution in [-0.4, -0.2) is 9.97 Å². The Kier molecular flexibility index (Phi) is 3.19. The van der Waals surface area contributed by atoms with Gasteiger partial charge < -0.3 is 11.1 Å². The Morgan fingerprint density at radius 2 is 1.37 bits per heavy atom. The third-order valence-corrected chi connectivity index (χ3v) is 2.12. The first-order valence-corrected chi connectivity index (χ1v) is 4.77. The molecule has 0 atom stereocenters. The number of halogens is 5. The maximum Gasteiger partial charge on any atom is 0.200 e. The van der Waals surface area contributed by atoms with Crippen molar-refractivity contribution in [1.82, 2.24) is 9.97 Å². The standard InChI is InChI=1S/C10H5F5N4/c11-5-6(12)8(14)10(9(15)7(5)13)19-4-2-17-1-3(16)18-4/h1-2H,(H3,16,18,19). The van der Waals surface area contributed by atoms with Crippen LogP contribution in [0.1, 0.15) is 0 Å². The van der Waals surface area contributed by atoms with E-state index in [0.29, 0.717) is 0 Å². The fourth-order valence-electron chi connectivity index (χ4n) is 1.28. The Balaban J connectivity index is 2.52. The number of aromatic nitrogens is 2. The van der Waals surface area contributed by atoms with Crippen LogP contribution in [0, 0.1) is 29.1 Å². The average Bonchev–Trinajstić information content (AvgIpc) is 2.39. The fraction of sp³-hybridized carbons (Fsp3) is 0. The lowest BCUT2D eigenvalue weighted by atomic mass is 10.2. The first kappa shape index (κ1) is 13.0. The van der Waals surface area contributed by atoms with E-state index < -0.39 is 34.8 Å². The van der Waals surface area contributed by atoms with Crippen molar-refractivity contribution in [2.24, 2.45) is 0 Å². The molecule has 4 nitrogen and oxygen atoms in total. The molecule has 0 saturated heterocycles. The van der Waals surface area contributed by atoms with Crippen molar-refractivity contribution >= 4 is 17.3 Å². The van der Waals surface area contributed by atoms with E-state index in [0.717, 1.165) is 12.4 Å². The Labute approximate surface area is 103 Å². The number of nitrogens with zero attached hydrogens (tertiary/aromatic N) is 2. The van der Waals surface area contributed by atoms with E-state index >= 15 is 0 Å². The molecule has 1 aromatic carbocycles. The maximum absolute atomic E-state index is 13.3. The van der Waals surface area contributed by atoms with Gasteiger partial charge >= 0.3 is 0 Å². The minimum absolute atomic E-state index is 0.0890. The molecule has 0 radical (unpaired) electrons. The van der Waals surface area contributed by atoms with Crippen LogP contribution in [-0.2, 0) is 0 Å². The minimum Gasteiger partial charge on any atom is -0.382 e. The lowest BCUT2D eigenvalue weighted by molar-refractivity contribution is 0.382. The van der Waals surface area contributed by atoms with Gasteiger partial charge in [-0.05, 0) is 0 Å². The van der Waals surface area contributed by atoms with Crippen LogP contribution < -0.4 is 11.1 Å². The van der Waals surface area contributed by atoms with E-state index in [9.17, 15) is 22.0 Å². The molecule has 1 aromatic heterocycles. The molecular formula is C10H5F5N4. The van der Waals surface area contributed by atoms with Gasteiger partial charge in [0, 0.05) is 0 Å². The third kappa shape index (κ3) is 2.26. The smallest absolute Gasteiger partial charge is 0.200 e. The number of benzene rings is 1. The van der Waals surface area contributed by atoms with E-state index in [1.807, 2.05) is 5.32 Å². The summed E-state index contributed by atoms with van der Waals surface area (Å²) in [7, 11) is 0. The zero-order valence-electron chi connectivity index (χ0n) is 9.02. The highest BCUT2D eigenvalue weighted by atomic mass is 19.2. The lowest BCUT2D eigenvalue weighted by Gasteiger charge is -2.10. The summed E-state index contributed by atoms with van der Waals surface area (Å²) in [5.74, 6) is -10.7. The molecule has 0 aliphatic carbocycles. The van der Waals surface area contributed by atoms with Crippen molar-refractivity contribution < 1.29 is 22.0 Å².